The standard InChI is InChI=1S/C18H20ClN3OS/c19-15-3-1-2-13(6-15)7-21-8-14-4-5-17(10-21)22(18(14)23)9-16-11-24-12-20-16/h1-3,6,11-12,14,17H,4-5,7-10H2/t14-,17+/m0/s1. The van der Waals surface area contributed by atoms with Crippen LogP contribution in [0.5, 0.6) is 0 Å². The molecule has 1 aromatic heterocycles. The topological polar surface area (TPSA) is 36.4 Å². The monoisotopic (exact) mass is 361 g/mol. The molecule has 0 N–H and O–H groups in total. The smallest absolute Gasteiger partial charge is 0.227 e. The zero-order chi connectivity index (χ0) is 16.5. The Kier molecular flexibility index (Phi) is 4.57. The lowest BCUT2D eigenvalue weighted by Crippen LogP contribution is -2.47. The molecule has 1 aromatic carbocycles. The fourth-order valence-corrected chi connectivity index (χ4v) is 4.61. The van der Waals surface area contributed by atoms with Crippen LogP contribution >= 0.6 is 22.9 Å². The number of halogens is 1. The molecule has 126 valence electrons. The summed E-state index contributed by atoms with van der Waals surface area (Å²) >= 11 is 7.69. The molecule has 1 amide bonds. The number of carbonyl (C=O) groups excluding carboxylic acids is 1. The third-order valence-corrected chi connectivity index (χ3v) is 5.85. The lowest BCUT2D eigenvalue weighted by atomic mass is 9.94. The Labute approximate surface area is 151 Å². The van der Waals surface area contributed by atoms with E-state index in [1.807, 2.05) is 29.1 Å². The largest absolute Gasteiger partial charge is 0.332 e. The summed E-state index contributed by atoms with van der Waals surface area (Å²) in [6.45, 7) is 3.27. The first-order chi connectivity index (χ1) is 11.7. The van der Waals surface area contributed by atoms with E-state index in [0.29, 0.717) is 12.5 Å². The van der Waals surface area contributed by atoms with Crippen LogP contribution in [0.2, 0.25) is 5.02 Å². The van der Waals surface area contributed by atoms with Crippen molar-refractivity contribution < 1.29 is 4.79 Å². The molecule has 0 spiro atoms. The summed E-state index contributed by atoms with van der Waals surface area (Å²) in [5.74, 6) is 0.411. The van der Waals surface area contributed by atoms with Crippen LogP contribution in [0.3, 0.4) is 0 Å². The lowest BCUT2D eigenvalue weighted by molar-refractivity contribution is -0.140. The molecular formula is C18H20ClN3OS. The average Bonchev–Trinajstić information content (AvgIpc) is 2.94. The van der Waals surface area contributed by atoms with Crippen LogP contribution in [0.4, 0.5) is 0 Å². The molecule has 5 rings (SSSR count). The van der Waals surface area contributed by atoms with E-state index in [1.54, 1.807) is 11.3 Å². The van der Waals surface area contributed by atoms with Crippen LogP contribution in [0.1, 0.15) is 24.1 Å². The normalized spacial score (nSPS) is 24.4. The van der Waals surface area contributed by atoms with Gasteiger partial charge in [-0.05, 0) is 30.5 Å². The maximum absolute atomic E-state index is 12.8. The molecular weight excluding hydrogens is 342 g/mol. The van der Waals surface area contributed by atoms with Gasteiger partial charge in [0.1, 0.15) is 0 Å². The first kappa shape index (κ1) is 16.1. The summed E-state index contributed by atoms with van der Waals surface area (Å²) in [6, 6.07) is 8.30. The van der Waals surface area contributed by atoms with Gasteiger partial charge in [0.25, 0.3) is 0 Å². The predicted octanol–water partition coefficient (Wildman–Crippen LogP) is 3.42. The number of hydrogen-bond donors (Lipinski definition) is 0. The van der Waals surface area contributed by atoms with Crippen LogP contribution in [0, 0.1) is 5.92 Å². The van der Waals surface area contributed by atoms with E-state index in [9.17, 15) is 4.79 Å². The van der Waals surface area contributed by atoms with E-state index in [-0.39, 0.29) is 12.0 Å². The number of amides is 1. The van der Waals surface area contributed by atoms with Gasteiger partial charge in [-0.3, -0.25) is 9.69 Å². The van der Waals surface area contributed by atoms with E-state index in [4.69, 9.17) is 11.6 Å². The van der Waals surface area contributed by atoms with Crippen molar-refractivity contribution in [1.29, 1.82) is 0 Å². The van der Waals surface area contributed by atoms with Gasteiger partial charge in [-0.25, -0.2) is 4.98 Å². The Balaban J connectivity index is 1.50. The molecule has 0 unspecified atom stereocenters. The molecule has 2 bridgehead atoms. The second-order valence-electron chi connectivity index (χ2n) is 6.70. The second kappa shape index (κ2) is 6.82. The molecule has 0 aliphatic carbocycles. The first-order valence-corrected chi connectivity index (χ1v) is 9.65. The zero-order valence-corrected chi connectivity index (χ0v) is 15.0. The van der Waals surface area contributed by atoms with Crippen molar-refractivity contribution in [2.24, 2.45) is 5.92 Å². The number of piperidine rings is 1. The fraction of sp³-hybridized carbons (Fsp3) is 0.444. The van der Waals surface area contributed by atoms with Crippen molar-refractivity contribution in [3.8, 4) is 0 Å². The minimum Gasteiger partial charge on any atom is -0.332 e. The van der Waals surface area contributed by atoms with Crippen LogP contribution in [0.15, 0.2) is 35.2 Å². The molecule has 0 radical (unpaired) electrons. The van der Waals surface area contributed by atoms with Gasteiger partial charge in [0.15, 0.2) is 0 Å². The molecule has 3 aliphatic rings. The molecule has 0 saturated carbocycles. The summed E-state index contributed by atoms with van der Waals surface area (Å²) in [6.07, 6.45) is 2.09. The maximum Gasteiger partial charge on any atom is 0.227 e. The van der Waals surface area contributed by atoms with E-state index < -0.39 is 0 Å². The Morgan fingerprint density at radius 1 is 1.25 bits per heavy atom. The minimum absolute atomic E-state index is 0.113. The number of benzene rings is 1. The molecule has 3 aliphatic heterocycles. The van der Waals surface area contributed by atoms with Crippen molar-refractivity contribution in [3.63, 3.8) is 0 Å². The highest BCUT2D eigenvalue weighted by molar-refractivity contribution is 7.07. The van der Waals surface area contributed by atoms with Gasteiger partial charge in [-0.15, -0.1) is 11.3 Å². The fourth-order valence-electron chi connectivity index (χ4n) is 3.85. The van der Waals surface area contributed by atoms with Crippen molar-refractivity contribution in [2.45, 2.75) is 32.0 Å². The zero-order valence-electron chi connectivity index (χ0n) is 13.4. The van der Waals surface area contributed by atoms with Crippen LogP contribution in [-0.4, -0.2) is 39.8 Å². The number of thiazole rings is 1. The molecule has 6 heteroatoms. The van der Waals surface area contributed by atoms with Crippen LogP contribution < -0.4 is 0 Å². The van der Waals surface area contributed by atoms with Crippen molar-refractivity contribution >= 4 is 28.8 Å². The van der Waals surface area contributed by atoms with Gasteiger partial charge in [0.05, 0.1) is 23.7 Å². The number of rotatable bonds is 4. The molecule has 2 atom stereocenters. The van der Waals surface area contributed by atoms with Crippen molar-refractivity contribution in [3.05, 3.63) is 51.4 Å². The number of carbonyl (C=O) groups is 1. The van der Waals surface area contributed by atoms with Crippen LogP contribution in [0.25, 0.3) is 0 Å². The van der Waals surface area contributed by atoms with Crippen LogP contribution in [-0.2, 0) is 17.9 Å². The quantitative estimate of drug-likeness (QED) is 0.837. The third-order valence-electron chi connectivity index (χ3n) is 4.98. The summed E-state index contributed by atoms with van der Waals surface area (Å²) in [5, 5.41) is 2.81. The SMILES string of the molecule is O=C1[C@H]2CC[C@H](CN(Cc3cccc(Cl)c3)C2)N1Cc1cscn1. The van der Waals surface area contributed by atoms with E-state index in [1.165, 1.54) is 5.56 Å². The number of nitrogens with zero attached hydrogens (tertiary/aromatic N) is 3. The predicted molar refractivity (Wildman–Crippen MR) is 95.9 cm³/mol. The Bertz CT molecular complexity index is 721. The van der Waals surface area contributed by atoms with Gasteiger partial charge in [-0.1, -0.05) is 23.7 Å². The number of aromatic nitrogens is 1. The highest BCUT2D eigenvalue weighted by atomic mass is 35.5. The Morgan fingerprint density at radius 2 is 2.17 bits per heavy atom. The molecule has 24 heavy (non-hydrogen) atoms. The molecule has 3 fully saturated rings. The lowest BCUT2D eigenvalue weighted by Gasteiger charge is -2.35. The molecule has 2 aromatic rings. The second-order valence-corrected chi connectivity index (χ2v) is 7.85. The van der Waals surface area contributed by atoms with E-state index in [2.05, 4.69) is 20.9 Å². The Hall–Kier alpha value is -1.43. The summed E-state index contributed by atoms with van der Waals surface area (Å²) in [7, 11) is 0. The Morgan fingerprint density at radius 3 is 2.96 bits per heavy atom. The number of hydrogen-bond acceptors (Lipinski definition) is 4. The van der Waals surface area contributed by atoms with Gasteiger partial charge in [0.2, 0.25) is 5.91 Å². The molecule has 4 heterocycles. The summed E-state index contributed by atoms with van der Waals surface area (Å²) in [4.78, 5) is 21.7. The average molecular weight is 362 g/mol. The molecule has 4 nitrogen and oxygen atoms in total. The van der Waals surface area contributed by atoms with E-state index >= 15 is 0 Å². The third kappa shape index (κ3) is 3.34. The highest BCUT2D eigenvalue weighted by Gasteiger charge is 2.40. The van der Waals surface area contributed by atoms with E-state index in [0.717, 1.165) is 43.2 Å². The van der Waals surface area contributed by atoms with Crippen molar-refractivity contribution in [2.75, 3.05) is 13.1 Å². The highest BCUT2D eigenvalue weighted by Crippen LogP contribution is 2.31. The van der Waals surface area contributed by atoms with Gasteiger partial charge in [-0.2, -0.15) is 0 Å². The maximum atomic E-state index is 12.8. The van der Waals surface area contributed by atoms with Gasteiger partial charge < -0.3 is 4.90 Å². The van der Waals surface area contributed by atoms with Crippen molar-refractivity contribution in [1.82, 2.24) is 14.8 Å². The summed E-state index contributed by atoms with van der Waals surface area (Å²) < 4.78 is 0. The first-order valence-electron chi connectivity index (χ1n) is 8.33. The number of fused-ring (bicyclic) bond motifs is 4. The minimum atomic E-state index is 0.113. The summed E-state index contributed by atoms with van der Waals surface area (Å²) in [5.41, 5.74) is 4.05. The molecule has 3 saturated heterocycles. The van der Waals surface area contributed by atoms with Gasteiger partial charge >= 0.3 is 0 Å². The van der Waals surface area contributed by atoms with Gasteiger partial charge in [0, 0.05) is 36.1 Å².